The summed E-state index contributed by atoms with van der Waals surface area (Å²) in [5.74, 6) is 0.966. The summed E-state index contributed by atoms with van der Waals surface area (Å²) in [4.78, 5) is 2.40. The van der Waals surface area contributed by atoms with Crippen molar-refractivity contribution in [3.05, 3.63) is 46.8 Å². The quantitative estimate of drug-likeness (QED) is 0.699. The van der Waals surface area contributed by atoms with Gasteiger partial charge in [-0.2, -0.15) is 5.10 Å². The maximum atomic E-state index is 5.56. The number of hydrogen-bond acceptors (Lipinski definition) is 4. The summed E-state index contributed by atoms with van der Waals surface area (Å²) in [5, 5.41) is 8.08. The molecule has 0 radical (unpaired) electrons. The van der Waals surface area contributed by atoms with E-state index in [9.17, 15) is 0 Å². The topological polar surface area (TPSA) is 42.3 Å². The van der Waals surface area contributed by atoms with Gasteiger partial charge in [-0.15, -0.1) is 0 Å². The molecule has 1 aromatic heterocycles. The van der Waals surface area contributed by atoms with Crippen molar-refractivity contribution < 1.29 is 4.74 Å². The molecule has 0 spiro atoms. The van der Waals surface area contributed by atoms with Gasteiger partial charge in [0.1, 0.15) is 5.75 Å². The van der Waals surface area contributed by atoms with Crippen LogP contribution in [-0.4, -0.2) is 34.9 Å². The largest absolute Gasteiger partial charge is 0.496 e. The van der Waals surface area contributed by atoms with E-state index in [4.69, 9.17) is 4.74 Å². The van der Waals surface area contributed by atoms with Crippen molar-refractivity contribution in [2.24, 2.45) is 0 Å². The number of rotatable bonds is 10. The third-order valence-corrected chi connectivity index (χ3v) is 5.15. The summed E-state index contributed by atoms with van der Waals surface area (Å²) in [6, 6.07) is 6.76. The van der Waals surface area contributed by atoms with Crippen molar-refractivity contribution in [3.8, 4) is 5.75 Å². The maximum absolute atomic E-state index is 5.56. The van der Waals surface area contributed by atoms with Crippen LogP contribution in [0.1, 0.15) is 56.1 Å². The van der Waals surface area contributed by atoms with Crippen LogP contribution in [0.4, 0.5) is 0 Å². The van der Waals surface area contributed by atoms with Gasteiger partial charge in [-0.3, -0.25) is 9.58 Å². The summed E-state index contributed by atoms with van der Waals surface area (Å²) >= 11 is 0. The van der Waals surface area contributed by atoms with E-state index < -0.39 is 0 Å². The number of aryl methyl sites for hydroxylation is 1. The van der Waals surface area contributed by atoms with E-state index in [2.05, 4.69) is 68.1 Å². The highest BCUT2D eigenvalue weighted by atomic mass is 16.5. The first-order chi connectivity index (χ1) is 12.5. The van der Waals surface area contributed by atoms with Gasteiger partial charge >= 0.3 is 0 Å². The molecule has 26 heavy (non-hydrogen) atoms. The van der Waals surface area contributed by atoms with Crippen LogP contribution in [-0.2, 0) is 19.6 Å². The monoisotopic (exact) mass is 358 g/mol. The molecule has 0 bridgehead atoms. The fourth-order valence-electron chi connectivity index (χ4n) is 3.34. The predicted molar refractivity (Wildman–Crippen MR) is 108 cm³/mol. The second kappa shape index (κ2) is 9.74. The van der Waals surface area contributed by atoms with Crippen molar-refractivity contribution in [2.45, 2.75) is 60.3 Å². The average Bonchev–Trinajstić information content (AvgIpc) is 3.04. The molecular formula is C21H34N4O. The molecule has 2 aromatic rings. The van der Waals surface area contributed by atoms with Crippen molar-refractivity contribution in [1.82, 2.24) is 20.0 Å². The SMILES string of the molecule is CCN(CC)Cc1cc(CNC(C)c2cnn(CC)c2C)ccc1OC. The Balaban J connectivity index is 2.07. The smallest absolute Gasteiger partial charge is 0.123 e. The first kappa shape index (κ1) is 20.5. The van der Waals surface area contributed by atoms with Gasteiger partial charge in [0.15, 0.2) is 0 Å². The van der Waals surface area contributed by atoms with E-state index in [0.717, 1.165) is 38.5 Å². The molecule has 2 rings (SSSR count). The van der Waals surface area contributed by atoms with E-state index in [1.165, 1.54) is 22.4 Å². The summed E-state index contributed by atoms with van der Waals surface area (Å²) in [6.07, 6.45) is 1.98. The lowest BCUT2D eigenvalue weighted by molar-refractivity contribution is 0.289. The number of hydrogen-bond donors (Lipinski definition) is 1. The Bertz CT molecular complexity index is 691. The molecule has 144 valence electrons. The lowest BCUT2D eigenvalue weighted by atomic mass is 10.1. The highest BCUT2D eigenvalue weighted by molar-refractivity contribution is 5.37. The molecule has 5 nitrogen and oxygen atoms in total. The lowest BCUT2D eigenvalue weighted by Gasteiger charge is -2.21. The Labute approximate surface area is 158 Å². The second-order valence-corrected chi connectivity index (χ2v) is 6.71. The minimum Gasteiger partial charge on any atom is -0.496 e. The van der Waals surface area contributed by atoms with Gasteiger partial charge in [-0.1, -0.05) is 19.9 Å². The molecule has 1 heterocycles. The van der Waals surface area contributed by atoms with E-state index in [-0.39, 0.29) is 6.04 Å². The number of ether oxygens (including phenoxy) is 1. The Morgan fingerprint density at radius 1 is 1.23 bits per heavy atom. The van der Waals surface area contributed by atoms with Crippen LogP contribution in [0.3, 0.4) is 0 Å². The third-order valence-electron chi connectivity index (χ3n) is 5.15. The van der Waals surface area contributed by atoms with Crippen molar-refractivity contribution >= 4 is 0 Å². The Morgan fingerprint density at radius 3 is 2.54 bits per heavy atom. The molecule has 0 aliphatic carbocycles. The average molecular weight is 359 g/mol. The molecule has 1 atom stereocenters. The van der Waals surface area contributed by atoms with E-state index in [0.29, 0.717) is 0 Å². The third kappa shape index (κ3) is 4.86. The van der Waals surface area contributed by atoms with Gasteiger partial charge in [0.2, 0.25) is 0 Å². The van der Waals surface area contributed by atoms with Crippen LogP contribution in [0.5, 0.6) is 5.75 Å². The van der Waals surface area contributed by atoms with Crippen LogP contribution in [0.2, 0.25) is 0 Å². The zero-order valence-corrected chi connectivity index (χ0v) is 17.2. The normalized spacial score (nSPS) is 12.6. The van der Waals surface area contributed by atoms with Crippen LogP contribution >= 0.6 is 0 Å². The number of aromatic nitrogens is 2. The first-order valence-electron chi connectivity index (χ1n) is 9.67. The van der Waals surface area contributed by atoms with Gasteiger partial charge in [0, 0.05) is 42.5 Å². The summed E-state index contributed by atoms with van der Waals surface area (Å²) in [7, 11) is 1.75. The Kier molecular flexibility index (Phi) is 7.66. The van der Waals surface area contributed by atoms with Crippen LogP contribution in [0.25, 0.3) is 0 Å². The van der Waals surface area contributed by atoms with Crippen LogP contribution < -0.4 is 10.1 Å². The molecule has 0 aliphatic heterocycles. The minimum absolute atomic E-state index is 0.267. The number of nitrogens with one attached hydrogen (secondary N) is 1. The van der Waals surface area contributed by atoms with Crippen LogP contribution in [0, 0.1) is 6.92 Å². The summed E-state index contributed by atoms with van der Waals surface area (Å²) in [6.45, 7) is 15.6. The highest BCUT2D eigenvalue weighted by Crippen LogP contribution is 2.23. The van der Waals surface area contributed by atoms with Crippen molar-refractivity contribution in [2.75, 3.05) is 20.2 Å². The molecule has 5 heteroatoms. The van der Waals surface area contributed by atoms with Gasteiger partial charge in [-0.25, -0.2) is 0 Å². The van der Waals surface area contributed by atoms with Crippen molar-refractivity contribution in [1.29, 1.82) is 0 Å². The summed E-state index contributed by atoms with van der Waals surface area (Å²) < 4.78 is 7.60. The molecule has 0 amide bonds. The van der Waals surface area contributed by atoms with Gasteiger partial charge in [-0.05, 0) is 51.6 Å². The molecule has 0 aliphatic rings. The van der Waals surface area contributed by atoms with Crippen molar-refractivity contribution in [3.63, 3.8) is 0 Å². The number of methoxy groups -OCH3 is 1. The highest BCUT2D eigenvalue weighted by Gasteiger charge is 2.13. The second-order valence-electron chi connectivity index (χ2n) is 6.71. The van der Waals surface area contributed by atoms with Gasteiger partial charge < -0.3 is 10.1 Å². The molecule has 1 unspecified atom stereocenters. The number of nitrogens with zero attached hydrogens (tertiary/aromatic N) is 3. The fourth-order valence-corrected chi connectivity index (χ4v) is 3.34. The molecule has 0 saturated carbocycles. The Morgan fingerprint density at radius 2 is 1.96 bits per heavy atom. The fraction of sp³-hybridized carbons (Fsp3) is 0.571. The summed E-state index contributed by atoms with van der Waals surface area (Å²) in [5.41, 5.74) is 5.03. The molecule has 0 fully saturated rings. The van der Waals surface area contributed by atoms with E-state index >= 15 is 0 Å². The Hall–Kier alpha value is -1.85. The minimum atomic E-state index is 0.267. The van der Waals surface area contributed by atoms with Gasteiger partial charge in [0.05, 0.1) is 13.3 Å². The predicted octanol–water partition coefficient (Wildman–Crippen LogP) is 3.91. The molecule has 1 N–H and O–H groups in total. The van der Waals surface area contributed by atoms with Gasteiger partial charge in [0.25, 0.3) is 0 Å². The zero-order valence-electron chi connectivity index (χ0n) is 17.2. The number of benzene rings is 1. The molecule has 1 aromatic carbocycles. The standard InChI is InChI=1S/C21H34N4O/c1-7-24(8-2)15-19-12-18(10-11-21(19)26-6)13-22-16(4)20-14-23-25(9-3)17(20)5/h10-12,14,16,22H,7-9,13,15H2,1-6H3. The zero-order chi connectivity index (χ0) is 19.1. The molecule has 0 saturated heterocycles. The maximum Gasteiger partial charge on any atom is 0.123 e. The molecular weight excluding hydrogens is 324 g/mol. The van der Waals surface area contributed by atoms with Crippen LogP contribution in [0.15, 0.2) is 24.4 Å². The lowest BCUT2D eigenvalue weighted by Crippen LogP contribution is -2.23. The van der Waals surface area contributed by atoms with E-state index in [1.54, 1.807) is 7.11 Å². The van der Waals surface area contributed by atoms with E-state index in [1.807, 2.05) is 10.9 Å². The first-order valence-corrected chi connectivity index (χ1v) is 9.67.